The number of hydrogen-bond donors (Lipinski definition) is 2. The Morgan fingerprint density at radius 3 is 2.16 bits per heavy atom. The Hall–Kier alpha value is -0.890. The van der Waals surface area contributed by atoms with Gasteiger partial charge in [0.05, 0.1) is 12.2 Å². The number of carboxylic acids is 1. The normalized spacial score (nSPS) is 13.2. The zero-order chi connectivity index (χ0) is 22.4. The minimum absolute atomic E-state index is 0. The van der Waals surface area contributed by atoms with Crippen molar-refractivity contribution in [1.82, 2.24) is 0 Å². The molecule has 0 spiro atoms. The molecule has 0 aliphatic carbocycles. The smallest absolute Gasteiger partial charge is 0.550 e. The van der Waals surface area contributed by atoms with Crippen LogP contribution in [0.5, 0.6) is 0 Å². The van der Waals surface area contributed by atoms with E-state index < -0.39 is 24.6 Å². The number of halogens is 1. The Morgan fingerprint density at radius 2 is 1.65 bits per heavy atom. The molecule has 0 saturated carbocycles. The first-order valence-corrected chi connectivity index (χ1v) is 11.2. The predicted molar refractivity (Wildman–Crippen MR) is 117 cm³/mol. The van der Waals surface area contributed by atoms with Crippen LogP contribution in [-0.4, -0.2) is 34.1 Å². The first-order valence-electron chi connectivity index (χ1n) is 10.2. The van der Waals surface area contributed by atoms with Gasteiger partial charge < -0.3 is 20.1 Å². The van der Waals surface area contributed by atoms with Crippen LogP contribution >= 0.6 is 11.8 Å². The maximum atomic E-state index is 13.5. The molecule has 0 saturated heterocycles. The van der Waals surface area contributed by atoms with E-state index in [1.165, 1.54) is 29.5 Å². The van der Waals surface area contributed by atoms with Crippen LogP contribution in [0.15, 0.2) is 41.3 Å². The molecule has 7 heteroatoms. The number of carboxylic acid groups (broad SMARTS) is 1. The molecule has 4 nitrogen and oxygen atoms in total. The molecule has 0 heterocycles. The number of benzene rings is 2. The number of hydrogen-bond acceptors (Lipinski definition) is 5. The summed E-state index contributed by atoms with van der Waals surface area (Å²) in [4.78, 5) is 11.6. The number of aliphatic hydroxyl groups is 2. The van der Waals surface area contributed by atoms with Crippen molar-refractivity contribution in [3.63, 3.8) is 0 Å². The Kier molecular flexibility index (Phi) is 11.8. The summed E-state index contributed by atoms with van der Waals surface area (Å²) in [6.07, 6.45) is -2.54. The standard InChI is InChI=1S/C24H31FO4S.Na/c1-14(2)17-9-21(15(3)4)24(22(10-17)16-5-7-18(25)8-6-16)30-13-20(27)11-19(26)12-23(28)29;/h5-10,14-15,19-20,26-27H,11-13H2,1-4H3,(H,28,29);/q;+1/p-1/t19-,20+;/m1./s1. The third-order valence-corrected chi connectivity index (χ3v) is 6.25. The number of carbonyl (C=O) groups excluding carboxylic acids is 1. The van der Waals surface area contributed by atoms with E-state index in [9.17, 15) is 24.5 Å². The van der Waals surface area contributed by atoms with E-state index in [0.717, 1.165) is 21.6 Å². The van der Waals surface area contributed by atoms with Gasteiger partial charge in [0, 0.05) is 29.5 Å². The molecule has 0 aromatic heterocycles. The van der Waals surface area contributed by atoms with Gasteiger partial charge in [0.2, 0.25) is 0 Å². The summed E-state index contributed by atoms with van der Waals surface area (Å²) in [5.74, 6) is -0.766. The van der Waals surface area contributed by atoms with Crippen molar-refractivity contribution in [2.24, 2.45) is 0 Å². The maximum Gasteiger partial charge on any atom is 1.00 e. The topological polar surface area (TPSA) is 80.6 Å². The zero-order valence-corrected chi connectivity index (χ0v) is 21.7. The quantitative estimate of drug-likeness (QED) is 0.413. The van der Waals surface area contributed by atoms with Crippen LogP contribution in [0.2, 0.25) is 0 Å². The number of rotatable bonds is 10. The molecule has 31 heavy (non-hydrogen) atoms. The van der Waals surface area contributed by atoms with Crippen molar-refractivity contribution in [1.29, 1.82) is 0 Å². The second-order valence-corrected chi connectivity index (χ2v) is 9.26. The molecular weight excluding hydrogens is 426 g/mol. The monoisotopic (exact) mass is 456 g/mol. The average Bonchev–Trinajstić information content (AvgIpc) is 2.65. The minimum atomic E-state index is -1.34. The van der Waals surface area contributed by atoms with E-state index in [2.05, 4.69) is 39.8 Å². The molecular formula is C24H30FNaO4S. The van der Waals surface area contributed by atoms with Crippen LogP contribution in [0, 0.1) is 5.82 Å². The van der Waals surface area contributed by atoms with E-state index in [0.29, 0.717) is 11.7 Å². The second-order valence-electron chi connectivity index (χ2n) is 8.23. The minimum Gasteiger partial charge on any atom is -0.550 e. The van der Waals surface area contributed by atoms with Crippen LogP contribution in [0.3, 0.4) is 0 Å². The van der Waals surface area contributed by atoms with E-state index >= 15 is 0 Å². The predicted octanol–water partition coefficient (Wildman–Crippen LogP) is 1.09. The van der Waals surface area contributed by atoms with Crippen LogP contribution in [0.25, 0.3) is 11.1 Å². The van der Waals surface area contributed by atoms with E-state index in [1.54, 1.807) is 12.1 Å². The Balaban J connectivity index is 0.00000480. The van der Waals surface area contributed by atoms with Crippen molar-refractivity contribution in [3.05, 3.63) is 53.3 Å². The molecule has 0 amide bonds. The molecule has 0 unspecified atom stereocenters. The van der Waals surface area contributed by atoms with Crippen molar-refractivity contribution in [3.8, 4) is 11.1 Å². The molecule has 0 aliphatic heterocycles. The summed E-state index contributed by atoms with van der Waals surface area (Å²) in [6, 6.07) is 10.7. The summed E-state index contributed by atoms with van der Waals surface area (Å²) in [5, 5.41) is 30.7. The van der Waals surface area contributed by atoms with Crippen molar-refractivity contribution >= 4 is 17.7 Å². The van der Waals surface area contributed by atoms with Gasteiger partial charge in [-0.2, -0.15) is 0 Å². The van der Waals surface area contributed by atoms with Gasteiger partial charge in [0.1, 0.15) is 5.82 Å². The number of aliphatic hydroxyl groups excluding tert-OH is 2. The summed E-state index contributed by atoms with van der Waals surface area (Å²) in [7, 11) is 0. The summed E-state index contributed by atoms with van der Waals surface area (Å²) < 4.78 is 13.5. The molecule has 0 bridgehead atoms. The van der Waals surface area contributed by atoms with E-state index in [1.807, 2.05) is 0 Å². The first kappa shape index (κ1) is 28.1. The van der Waals surface area contributed by atoms with Gasteiger partial charge in [-0.3, -0.25) is 0 Å². The van der Waals surface area contributed by atoms with Crippen LogP contribution in [-0.2, 0) is 4.79 Å². The number of carbonyl (C=O) groups is 1. The Labute approximate surface area is 210 Å². The second kappa shape index (κ2) is 13.0. The summed E-state index contributed by atoms with van der Waals surface area (Å²) >= 11 is 1.47. The zero-order valence-electron chi connectivity index (χ0n) is 18.9. The third-order valence-electron chi connectivity index (χ3n) is 4.95. The fourth-order valence-corrected chi connectivity index (χ4v) is 4.57. The van der Waals surface area contributed by atoms with Gasteiger partial charge in [-0.05, 0) is 52.3 Å². The van der Waals surface area contributed by atoms with Crippen molar-refractivity contribution in [2.75, 3.05) is 5.75 Å². The van der Waals surface area contributed by atoms with E-state index in [-0.39, 0.29) is 47.7 Å². The van der Waals surface area contributed by atoms with Gasteiger partial charge in [0.25, 0.3) is 0 Å². The first-order chi connectivity index (χ1) is 14.1. The van der Waals surface area contributed by atoms with Crippen LogP contribution in [0.4, 0.5) is 4.39 Å². The van der Waals surface area contributed by atoms with E-state index in [4.69, 9.17) is 0 Å². The molecule has 2 N–H and O–H groups in total. The largest absolute Gasteiger partial charge is 1.00 e. The van der Waals surface area contributed by atoms with Crippen molar-refractivity contribution < 1.29 is 54.1 Å². The van der Waals surface area contributed by atoms with Gasteiger partial charge in [0.15, 0.2) is 0 Å². The molecule has 2 atom stereocenters. The van der Waals surface area contributed by atoms with Gasteiger partial charge in [-0.15, -0.1) is 11.8 Å². The molecule has 0 radical (unpaired) electrons. The Morgan fingerprint density at radius 1 is 1.03 bits per heavy atom. The van der Waals surface area contributed by atoms with Gasteiger partial charge in [-0.25, -0.2) is 4.39 Å². The summed E-state index contributed by atoms with van der Waals surface area (Å²) in [6.45, 7) is 8.47. The van der Waals surface area contributed by atoms with Crippen LogP contribution < -0.4 is 34.7 Å². The average molecular weight is 457 g/mol. The fraction of sp³-hybridized carbons (Fsp3) is 0.458. The van der Waals surface area contributed by atoms with Crippen LogP contribution in [0.1, 0.15) is 63.5 Å². The number of thioether (sulfide) groups is 1. The summed E-state index contributed by atoms with van der Waals surface area (Å²) in [5.41, 5.74) is 4.22. The Bertz CT molecular complexity index is 855. The third kappa shape index (κ3) is 8.52. The molecule has 2 aromatic carbocycles. The molecule has 164 valence electrons. The van der Waals surface area contributed by atoms with Gasteiger partial charge >= 0.3 is 29.6 Å². The SMILES string of the molecule is CC(C)c1cc(-c2ccc(F)cc2)c(SC[C@@H](O)C[C@@H](O)CC(=O)[O-])c(C(C)C)c1.[Na+]. The van der Waals surface area contributed by atoms with Gasteiger partial charge in [-0.1, -0.05) is 45.9 Å². The maximum absolute atomic E-state index is 13.5. The number of aliphatic carboxylic acids is 1. The molecule has 0 fully saturated rings. The molecule has 0 aliphatic rings. The molecule has 2 rings (SSSR count). The fourth-order valence-electron chi connectivity index (χ4n) is 3.28. The molecule has 2 aromatic rings. The van der Waals surface area contributed by atoms with Crippen molar-refractivity contribution in [2.45, 2.75) is 69.5 Å².